The van der Waals surface area contributed by atoms with Gasteiger partial charge in [0.1, 0.15) is 18.1 Å². The average molecular weight is 233 g/mol. The Morgan fingerprint density at radius 2 is 1.94 bits per heavy atom. The van der Waals surface area contributed by atoms with Crippen LogP contribution >= 0.6 is 0 Å². The van der Waals surface area contributed by atoms with E-state index in [1.54, 1.807) is 0 Å². The van der Waals surface area contributed by atoms with E-state index in [1.165, 1.54) is 12.1 Å². The Morgan fingerprint density at radius 1 is 1.25 bits per heavy atom. The maximum atomic E-state index is 12.6. The number of benzene rings is 1. The summed E-state index contributed by atoms with van der Waals surface area (Å²) in [6.07, 6.45) is 0. The molecule has 90 valence electrons. The number of phenolic OH excluding ortho intramolecular Hbond substituents is 2. The van der Waals surface area contributed by atoms with Crippen LogP contribution in [0.3, 0.4) is 0 Å². The number of aliphatic hydroxyl groups excluding tert-OH is 1. The monoisotopic (exact) mass is 233 g/mol. The third kappa shape index (κ3) is 3.63. The molecule has 1 aromatic rings. The van der Waals surface area contributed by atoms with Gasteiger partial charge in [-0.2, -0.15) is 0 Å². The Morgan fingerprint density at radius 3 is 2.50 bits per heavy atom. The highest BCUT2D eigenvalue weighted by molar-refractivity contribution is 5.38. The molecule has 0 aliphatic rings. The van der Waals surface area contributed by atoms with E-state index in [2.05, 4.69) is 5.32 Å². The molecule has 0 aliphatic carbocycles. The Bertz CT molecular complexity index is 358. The molecule has 4 N–H and O–H groups in total. The molecule has 0 unspecified atom stereocenters. The molecule has 0 atom stereocenters. The van der Waals surface area contributed by atoms with Gasteiger partial charge in [-0.25, -0.2) is 8.78 Å². The van der Waals surface area contributed by atoms with Crippen LogP contribution in [0.2, 0.25) is 0 Å². The van der Waals surface area contributed by atoms with Crippen molar-refractivity contribution in [3.63, 3.8) is 0 Å². The van der Waals surface area contributed by atoms with Gasteiger partial charge in [-0.1, -0.05) is 6.07 Å². The highest BCUT2D eigenvalue weighted by Gasteiger charge is 2.26. The van der Waals surface area contributed by atoms with Crippen LogP contribution in [-0.4, -0.2) is 34.4 Å². The van der Waals surface area contributed by atoms with Gasteiger partial charge in [0.2, 0.25) is 0 Å². The van der Waals surface area contributed by atoms with Gasteiger partial charge in [0.15, 0.2) is 0 Å². The van der Waals surface area contributed by atoms with E-state index in [0.717, 1.165) is 6.07 Å². The van der Waals surface area contributed by atoms with Gasteiger partial charge in [0.25, 0.3) is 5.92 Å². The topological polar surface area (TPSA) is 72.7 Å². The summed E-state index contributed by atoms with van der Waals surface area (Å²) in [7, 11) is 0. The van der Waals surface area contributed by atoms with Crippen molar-refractivity contribution in [2.45, 2.75) is 12.5 Å². The first-order valence-corrected chi connectivity index (χ1v) is 4.65. The number of hydrogen-bond acceptors (Lipinski definition) is 4. The number of aliphatic hydroxyl groups is 1. The molecular formula is C10H13F2NO3. The average Bonchev–Trinajstić information content (AvgIpc) is 2.21. The van der Waals surface area contributed by atoms with Crippen molar-refractivity contribution in [2.24, 2.45) is 0 Å². The van der Waals surface area contributed by atoms with Gasteiger partial charge in [-0.3, -0.25) is 0 Å². The molecule has 6 heteroatoms. The van der Waals surface area contributed by atoms with E-state index < -0.39 is 19.1 Å². The van der Waals surface area contributed by atoms with Crippen LogP contribution in [-0.2, 0) is 6.54 Å². The lowest BCUT2D eigenvalue weighted by atomic mass is 10.2. The second-order valence-electron chi connectivity index (χ2n) is 3.43. The molecule has 0 aliphatic heterocycles. The Balaban J connectivity index is 2.49. The number of rotatable bonds is 5. The van der Waals surface area contributed by atoms with Gasteiger partial charge < -0.3 is 20.6 Å². The van der Waals surface area contributed by atoms with Gasteiger partial charge >= 0.3 is 0 Å². The van der Waals surface area contributed by atoms with E-state index in [9.17, 15) is 13.9 Å². The van der Waals surface area contributed by atoms with Gasteiger partial charge in [-0.05, 0) is 6.07 Å². The number of alkyl halides is 2. The number of aromatic hydroxyl groups is 2. The Hall–Kier alpha value is -1.40. The van der Waals surface area contributed by atoms with Crippen molar-refractivity contribution < 1.29 is 24.1 Å². The number of halogens is 2. The van der Waals surface area contributed by atoms with Gasteiger partial charge in [-0.15, -0.1) is 0 Å². The summed E-state index contributed by atoms with van der Waals surface area (Å²) in [5.74, 6) is -3.44. The van der Waals surface area contributed by atoms with Crippen molar-refractivity contribution in [1.82, 2.24) is 5.32 Å². The van der Waals surface area contributed by atoms with Crippen LogP contribution in [0.5, 0.6) is 11.5 Å². The van der Waals surface area contributed by atoms with E-state index in [-0.39, 0.29) is 18.0 Å². The lowest BCUT2D eigenvalue weighted by molar-refractivity contribution is -0.0478. The van der Waals surface area contributed by atoms with Gasteiger partial charge in [0.05, 0.1) is 6.54 Å². The van der Waals surface area contributed by atoms with E-state index in [0.29, 0.717) is 5.56 Å². The van der Waals surface area contributed by atoms with E-state index in [4.69, 9.17) is 10.2 Å². The highest BCUT2D eigenvalue weighted by Crippen LogP contribution is 2.22. The lowest BCUT2D eigenvalue weighted by Crippen LogP contribution is -2.35. The minimum atomic E-state index is -3.17. The molecule has 0 saturated carbocycles. The van der Waals surface area contributed by atoms with Crippen LogP contribution in [0, 0.1) is 0 Å². The Labute approximate surface area is 91.2 Å². The summed E-state index contributed by atoms with van der Waals surface area (Å²) in [6, 6.07) is 3.90. The number of hydrogen-bond donors (Lipinski definition) is 4. The fourth-order valence-electron chi connectivity index (χ4n) is 1.14. The summed E-state index contributed by atoms with van der Waals surface area (Å²) < 4.78 is 25.2. The standard InChI is InChI=1S/C10H13F2NO3/c11-10(12,6-14)5-13-4-7-1-2-8(15)3-9(7)16/h1-3,13-16H,4-6H2. The van der Waals surface area contributed by atoms with Crippen LogP contribution in [0.1, 0.15) is 5.56 Å². The molecule has 0 bridgehead atoms. The summed E-state index contributed by atoms with van der Waals surface area (Å²) in [4.78, 5) is 0. The summed E-state index contributed by atoms with van der Waals surface area (Å²) in [6.45, 7) is -1.87. The quantitative estimate of drug-likeness (QED) is 0.607. The van der Waals surface area contributed by atoms with Crippen LogP contribution in [0.15, 0.2) is 18.2 Å². The van der Waals surface area contributed by atoms with Crippen molar-refractivity contribution in [2.75, 3.05) is 13.2 Å². The van der Waals surface area contributed by atoms with Gasteiger partial charge in [0, 0.05) is 18.2 Å². The third-order valence-electron chi connectivity index (χ3n) is 2.00. The molecular weight excluding hydrogens is 220 g/mol. The lowest BCUT2D eigenvalue weighted by Gasteiger charge is -2.14. The van der Waals surface area contributed by atoms with Crippen molar-refractivity contribution >= 4 is 0 Å². The van der Waals surface area contributed by atoms with Crippen molar-refractivity contribution in [1.29, 1.82) is 0 Å². The second kappa shape index (κ2) is 5.09. The summed E-state index contributed by atoms with van der Waals surface area (Å²) in [5, 5.41) is 29.0. The fraction of sp³-hybridized carbons (Fsp3) is 0.400. The van der Waals surface area contributed by atoms with Crippen LogP contribution < -0.4 is 5.32 Å². The minimum absolute atomic E-state index is 0.0295. The largest absolute Gasteiger partial charge is 0.508 e. The molecule has 0 heterocycles. The normalized spacial score (nSPS) is 11.7. The number of nitrogens with one attached hydrogen (secondary N) is 1. The van der Waals surface area contributed by atoms with E-state index >= 15 is 0 Å². The van der Waals surface area contributed by atoms with Crippen molar-refractivity contribution in [3.05, 3.63) is 23.8 Å². The number of phenols is 2. The molecule has 16 heavy (non-hydrogen) atoms. The molecule has 0 radical (unpaired) electrons. The molecule has 0 aromatic heterocycles. The first-order chi connectivity index (χ1) is 7.44. The van der Waals surface area contributed by atoms with Crippen LogP contribution in [0.4, 0.5) is 8.78 Å². The third-order valence-corrected chi connectivity index (χ3v) is 2.00. The zero-order valence-corrected chi connectivity index (χ0v) is 8.45. The van der Waals surface area contributed by atoms with Crippen LogP contribution in [0.25, 0.3) is 0 Å². The predicted octanol–water partition coefficient (Wildman–Crippen LogP) is 0.815. The first-order valence-electron chi connectivity index (χ1n) is 4.65. The summed E-state index contributed by atoms with van der Waals surface area (Å²) >= 11 is 0. The second-order valence-corrected chi connectivity index (χ2v) is 3.43. The zero-order chi connectivity index (χ0) is 12.2. The minimum Gasteiger partial charge on any atom is -0.508 e. The maximum absolute atomic E-state index is 12.6. The smallest absolute Gasteiger partial charge is 0.282 e. The molecule has 0 amide bonds. The zero-order valence-electron chi connectivity index (χ0n) is 8.45. The molecule has 0 spiro atoms. The molecule has 0 fully saturated rings. The van der Waals surface area contributed by atoms with Crippen molar-refractivity contribution in [3.8, 4) is 11.5 Å². The Kier molecular flexibility index (Phi) is 4.03. The summed E-state index contributed by atoms with van der Waals surface area (Å²) in [5.41, 5.74) is 0.395. The SMILES string of the molecule is OCC(F)(F)CNCc1ccc(O)cc1O. The molecule has 4 nitrogen and oxygen atoms in total. The highest BCUT2D eigenvalue weighted by atomic mass is 19.3. The predicted molar refractivity (Wildman–Crippen MR) is 53.5 cm³/mol. The maximum Gasteiger partial charge on any atom is 0.282 e. The molecule has 1 aromatic carbocycles. The fourth-order valence-corrected chi connectivity index (χ4v) is 1.14. The first kappa shape index (κ1) is 12.7. The molecule has 1 rings (SSSR count). The molecule has 0 saturated heterocycles. The van der Waals surface area contributed by atoms with E-state index in [1.807, 2.05) is 0 Å².